The highest BCUT2D eigenvalue weighted by Gasteiger charge is 2.47. The monoisotopic (exact) mass is 190 g/mol. The summed E-state index contributed by atoms with van der Waals surface area (Å²) in [4.78, 5) is 31.5. The highest BCUT2D eigenvalue weighted by atomic mass is 16.4. The average molecular weight is 190 g/mol. The van der Waals surface area contributed by atoms with Crippen molar-refractivity contribution in [3.63, 3.8) is 0 Å². The van der Waals surface area contributed by atoms with Crippen LogP contribution in [0.3, 0.4) is 0 Å². The van der Waals surface area contributed by atoms with E-state index in [-0.39, 0.29) is 5.01 Å². The van der Waals surface area contributed by atoms with E-state index < -0.39 is 30.1 Å². The Morgan fingerprint density at radius 3 is 1.77 bits per heavy atom. The van der Waals surface area contributed by atoms with Gasteiger partial charge in [-0.2, -0.15) is 0 Å². The molecule has 0 spiro atoms. The number of carbonyl (C=O) groups excluding carboxylic acids is 2. The van der Waals surface area contributed by atoms with E-state index in [0.29, 0.717) is 0 Å². The molecular formula is C5H6N2O6. The first-order chi connectivity index (χ1) is 6.00. The number of rotatable bonds is 1. The second kappa shape index (κ2) is 3.17. The van der Waals surface area contributed by atoms with Crippen molar-refractivity contribution < 1.29 is 24.9 Å². The van der Waals surface area contributed by atoms with Gasteiger partial charge in [0, 0.05) is 0 Å². The summed E-state index contributed by atoms with van der Waals surface area (Å²) in [5, 5.41) is 28.4. The van der Waals surface area contributed by atoms with E-state index in [0.717, 1.165) is 0 Å². The number of nitroso groups, excluding NO2 is 1. The van der Waals surface area contributed by atoms with Crippen LogP contribution in [0.15, 0.2) is 5.29 Å². The molecule has 0 radical (unpaired) electrons. The van der Waals surface area contributed by atoms with Gasteiger partial charge in [-0.1, -0.05) is 0 Å². The van der Waals surface area contributed by atoms with Gasteiger partial charge in [0.15, 0.2) is 12.2 Å². The van der Waals surface area contributed by atoms with Crippen molar-refractivity contribution in [3.8, 4) is 0 Å². The first-order valence-corrected chi connectivity index (χ1v) is 3.26. The average Bonchev–Trinajstić information content (AvgIpc) is 2.13. The van der Waals surface area contributed by atoms with Gasteiger partial charge in [-0.25, -0.2) is 0 Å². The fourth-order valence-electron chi connectivity index (χ4n) is 0.904. The van der Waals surface area contributed by atoms with Crippen LogP contribution in [0.25, 0.3) is 0 Å². The number of hydrogen-bond acceptors (Lipinski definition) is 7. The normalized spacial score (nSPS) is 35.0. The van der Waals surface area contributed by atoms with Crippen molar-refractivity contribution in [2.75, 3.05) is 0 Å². The smallest absolute Gasteiger partial charge is 0.284 e. The van der Waals surface area contributed by atoms with Crippen molar-refractivity contribution in [1.82, 2.24) is 5.01 Å². The maximum Gasteiger partial charge on any atom is 0.284 e. The number of aliphatic hydroxyl groups is 3. The third kappa shape index (κ3) is 1.30. The molecule has 1 fully saturated rings. The summed E-state index contributed by atoms with van der Waals surface area (Å²) in [6.07, 6.45) is -5.94. The maximum absolute atomic E-state index is 10.8. The highest BCUT2D eigenvalue weighted by Crippen LogP contribution is 2.14. The summed E-state index contributed by atoms with van der Waals surface area (Å²) in [6.45, 7) is 0. The molecule has 72 valence electrons. The molecular weight excluding hydrogens is 184 g/mol. The van der Waals surface area contributed by atoms with Gasteiger partial charge in [0.1, 0.15) is 6.10 Å². The lowest BCUT2D eigenvalue weighted by Gasteiger charge is -2.29. The molecule has 0 aromatic rings. The Bertz CT molecular complexity index is 244. The van der Waals surface area contributed by atoms with Gasteiger partial charge >= 0.3 is 0 Å². The standard InChI is InChI=1S/C5H6N2O6/c8-1-2(9)4(11)7(6-13)5(12)3(1)10/h1-3,8-10H/t1-,2-,3+. The second-order valence-corrected chi connectivity index (χ2v) is 2.45. The molecule has 0 saturated carbocycles. The SMILES string of the molecule is O=NN1C(=O)[C@@H](O)[C@H](O)[C@@H](O)C1=O. The molecule has 1 heterocycles. The minimum absolute atomic E-state index is 0.220. The van der Waals surface area contributed by atoms with Gasteiger partial charge in [-0.3, -0.25) is 9.59 Å². The Balaban J connectivity index is 2.98. The highest BCUT2D eigenvalue weighted by molar-refractivity contribution is 6.02. The van der Waals surface area contributed by atoms with Crippen LogP contribution in [-0.4, -0.2) is 50.5 Å². The van der Waals surface area contributed by atoms with Crippen LogP contribution in [0.5, 0.6) is 0 Å². The molecule has 3 N–H and O–H groups in total. The summed E-state index contributed by atoms with van der Waals surface area (Å²) < 4.78 is 0. The Kier molecular flexibility index (Phi) is 2.36. The Morgan fingerprint density at radius 2 is 1.46 bits per heavy atom. The third-order valence-electron chi connectivity index (χ3n) is 1.65. The van der Waals surface area contributed by atoms with Gasteiger partial charge < -0.3 is 15.3 Å². The Labute approximate surface area is 71.3 Å². The molecule has 1 aliphatic heterocycles. The molecule has 3 atom stereocenters. The van der Waals surface area contributed by atoms with Gasteiger partial charge in [-0.15, -0.1) is 9.92 Å². The quantitative estimate of drug-likeness (QED) is 0.301. The molecule has 13 heavy (non-hydrogen) atoms. The molecule has 1 aliphatic rings. The van der Waals surface area contributed by atoms with E-state index >= 15 is 0 Å². The van der Waals surface area contributed by atoms with Crippen LogP contribution in [-0.2, 0) is 9.59 Å². The van der Waals surface area contributed by atoms with E-state index in [2.05, 4.69) is 0 Å². The molecule has 0 aromatic heterocycles. The molecule has 8 nitrogen and oxygen atoms in total. The number of piperidine rings is 1. The summed E-state index contributed by atoms with van der Waals surface area (Å²) in [5.41, 5.74) is 0. The number of amides is 2. The maximum atomic E-state index is 10.8. The zero-order valence-corrected chi connectivity index (χ0v) is 6.19. The Morgan fingerprint density at radius 1 is 1.08 bits per heavy atom. The van der Waals surface area contributed by atoms with E-state index in [9.17, 15) is 14.5 Å². The van der Waals surface area contributed by atoms with E-state index in [4.69, 9.17) is 15.3 Å². The van der Waals surface area contributed by atoms with E-state index in [1.54, 1.807) is 0 Å². The predicted molar refractivity (Wildman–Crippen MR) is 35.7 cm³/mol. The van der Waals surface area contributed by atoms with Crippen LogP contribution < -0.4 is 0 Å². The summed E-state index contributed by atoms with van der Waals surface area (Å²) in [6, 6.07) is 0. The zero-order valence-electron chi connectivity index (χ0n) is 6.19. The minimum atomic E-state index is -2.01. The van der Waals surface area contributed by atoms with E-state index in [1.807, 2.05) is 5.29 Å². The van der Waals surface area contributed by atoms with Crippen LogP contribution >= 0.6 is 0 Å². The minimum Gasteiger partial charge on any atom is -0.387 e. The molecule has 0 aromatic carbocycles. The van der Waals surface area contributed by atoms with Crippen molar-refractivity contribution in [1.29, 1.82) is 0 Å². The number of aliphatic hydroxyl groups excluding tert-OH is 3. The largest absolute Gasteiger partial charge is 0.387 e. The van der Waals surface area contributed by atoms with Gasteiger partial charge in [0.25, 0.3) is 11.8 Å². The zero-order chi connectivity index (χ0) is 10.2. The van der Waals surface area contributed by atoms with Gasteiger partial charge in [-0.05, 0) is 0 Å². The molecule has 0 bridgehead atoms. The number of hydrogen-bond donors (Lipinski definition) is 3. The fraction of sp³-hybridized carbons (Fsp3) is 0.600. The number of carbonyl (C=O) groups is 2. The lowest BCUT2D eigenvalue weighted by Crippen LogP contribution is -2.60. The first kappa shape index (κ1) is 9.71. The molecule has 2 amide bonds. The fourth-order valence-corrected chi connectivity index (χ4v) is 0.904. The van der Waals surface area contributed by atoms with E-state index in [1.165, 1.54) is 0 Å². The number of nitrogens with zero attached hydrogens (tertiary/aromatic N) is 2. The van der Waals surface area contributed by atoms with Gasteiger partial charge in [0.05, 0.1) is 5.29 Å². The second-order valence-electron chi connectivity index (χ2n) is 2.45. The third-order valence-corrected chi connectivity index (χ3v) is 1.65. The van der Waals surface area contributed by atoms with Crippen molar-refractivity contribution >= 4 is 11.8 Å². The molecule has 1 rings (SSSR count). The van der Waals surface area contributed by atoms with Crippen LogP contribution in [0, 0.1) is 4.91 Å². The summed E-state index contributed by atoms with van der Waals surface area (Å²) >= 11 is 0. The van der Waals surface area contributed by atoms with Crippen LogP contribution in [0.1, 0.15) is 0 Å². The molecule has 0 aliphatic carbocycles. The first-order valence-electron chi connectivity index (χ1n) is 3.26. The number of imide groups is 1. The van der Waals surface area contributed by atoms with Crippen LogP contribution in [0.2, 0.25) is 0 Å². The Hall–Kier alpha value is -1.38. The topological polar surface area (TPSA) is 128 Å². The van der Waals surface area contributed by atoms with Crippen molar-refractivity contribution in [3.05, 3.63) is 4.91 Å². The predicted octanol–water partition coefficient (Wildman–Crippen LogP) is -2.88. The molecule has 0 unspecified atom stereocenters. The van der Waals surface area contributed by atoms with Crippen molar-refractivity contribution in [2.45, 2.75) is 18.3 Å². The molecule has 1 saturated heterocycles. The summed E-state index contributed by atoms with van der Waals surface area (Å²) in [5.74, 6) is -2.70. The summed E-state index contributed by atoms with van der Waals surface area (Å²) in [7, 11) is 0. The van der Waals surface area contributed by atoms with Crippen molar-refractivity contribution in [2.24, 2.45) is 5.29 Å². The van der Waals surface area contributed by atoms with Crippen LogP contribution in [0.4, 0.5) is 0 Å². The lowest BCUT2D eigenvalue weighted by molar-refractivity contribution is -0.178. The lowest BCUT2D eigenvalue weighted by atomic mass is 10.0. The molecule has 8 heteroatoms. The van der Waals surface area contributed by atoms with Gasteiger partial charge in [0.2, 0.25) is 0 Å².